The van der Waals surface area contributed by atoms with Crippen LogP contribution in [0.1, 0.15) is 47.0 Å². The number of benzene rings is 1. The van der Waals surface area contributed by atoms with Crippen LogP contribution in [0.25, 0.3) is 0 Å². The van der Waals surface area contributed by atoms with Crippen molar-refractivity contribution in [1.29, 1.82) is 0 Å². The van der Waals surface area contributed by atoms with Crippen LogP contribution in [0.2, 0.25) is 0 Å². The zero-order valence-electron chi connectivity index (χ0n) is 16.5. The molecule has 0 saturated heterocycles. The number of hydrogen-bond acceptors (Lipinski definition) is 7. The molecule has 1 N–H and O–H groups in total. The van der Waals surface area contributed by atoms with Gasteiger partial charge < -0.3 is 14.6 Å². The van der Waals surface area contributed by atoms with Crippen LogP contribution in [0.15, 0.2) is 28.8 Å². The lowest BCUT2D eigenvalue weighted by Crippen LogP contribution is -2.24. The van der Waals surface area contributed by atoms with Crippen molar-refractivity contribution in [1.82, 2.24) is 5.16 Å². The molecule has 0 radical (unpaired) electrons. The summed E-state index contributed by atoms with van der Waals surface area (Å²) in [6.45, 7) is 3.11. The SMILES string of the molecule is Cc1cc(NC(=O)[C@H](C)SCC(=O)OCC(=O)c2ccc3c(c2)CCCC3)no1. The average Bonchev–Trinajstić information content (AvgIpc) is 3.14. The zero-order chi connectivity index (χ0) is 20.8. The Hall–Kier alpha value is -2.61. The summed E-state index contributed by atoms with van der Waals surface area (Å²) in [5.41, 5.74) is 3.09. The van der Waals surface area contributed by atoms with Crippen molar-refractivity contribution in [3.63, 3.8) is 0 Å². The fraction of sp³-hybridized carbons (Fsp3) is 0.429. The van der Waals surface area contributed by atoms with Crippen molar-refractivity contribution in [2.45, 2.75) is 44.8 Å². The average molecular weight is 416 g/mol. The first kappa shape index (κ1) is 21.1. The fourth-order valence-electron chi connectivity index (χ4n) is 3.10. The number of carbonyl (C=O) groups excluding carboxylic acids is 3. The topological polar surface area (TPSA) is 98.5 Å². The van der Waals surface area contributed by atoms with Gasteiger partial charge >= 0.3 is 5.97 Å². The molecule has 0 fully saturated rings. The minimum Gasteiger partial charge on any atom is -0.457 e. The maximum absolute atomic E-state index is 12.3. The Morgan fingerprint density at radius 2 is 1.97 bits per heavy atom. The molecule has 7 nitrogen and oxygen atoms in total. The Bertz CT molecular complexity index is 908. The molecule has 0 unspecified atom stereocenters. The minimum absolute atomic E-state index is 0.0239. The fourth-order valence-corrected chi connectivity index (χ4v) is 3.78. The number of thioether (sulfide) groups is 1. The van der Waals surface area contributed by atoms with Gasteiger partial charge in [0.25, 0.3) is 0 Å². The highest BCUT2D eigenvalue weighted by atomic mass is 32.2. The highest BCUT2D eigenvalue weighted by molar-refractivity contribution is 8.01. The number of anilines is 1. The number of aryl methyl sites for hydroxylation is 3. The van der Waals surface area contributed by atoms with E-state index in [1.807, 2.05) is 12.1 Å². The summed E-state index contributed by atoms with van der Waals surface area (Å²) in [5.74, 6) is -0.140. The van der Waals surface area contributed by atoms with Gasteiger partial charge in [0.1, 0.15) is 5.76 Å². The van der Waals surface area contributed by atoms with Crippen molar-refractivity contribution >= 4 is 35.2 Å². The van der Waals surface area contributed by atoms with E-state index in [1.165, 1.54) is 17.5 Å². The molecule has 0 aliphatic heterocycles. The summed E-state index contributed by atoms with van der Waals surface area (Å²) < 4.78 is 9.97. The molecule has 1 aromatic heterocycles. The van der Waals surface area contributed by atoms with Crippen LogP contribution >= 0.6 is 11.8 Å². The Morgan fingerprint density at radius 3 is 2.69 bits per heavy atom. The van der Waals surface area contributed by atoms with Crippen LogP contribution in [0.5, 0.6) is 0 Å². The Labute approximate surface area is 173 Å². The second-order valence-corrected chi connectivity index (χ2v) is 8.37. The molecule has 0 saturated carbocycles. The lowest BCUT2D eigenvalue weighted by molar-refractivity contribution is -0.139. The molecule has 154 valence electrons. The van der Waals surface area contributed by atoms with Gasteiger partial charge in [0.15, 0.2) is 18.2 Å². The van der Waals surface area contributed by atoms with Gasteiger partial charge in [0.05, 0.1) is 11.0 Å². The number of Topliss-reactive ketones (excluding diaryl/α,β-unsaturated/α-hetero) is 1. The van der Waals surface area contributed by atoms with Crippen LogP contribution in [0.3, 0.4) is 0 Å². The van der Waals surface area contributed by atoms with Crippen molar-refractivity contribution in [2.24, 2.45) is 0 Å². The maximum Gasteiger partial charge on any atom is 0.316 e. The van der Waals surface area contributed by atoms with E-state index in [0.717, 1.165) is 31.0 Å². The molecule has 1 amide bonds. The Balaban J connectivity index is 1.41. The number of nitrogens with zero attached hydrogens (tertiary/aromatic N) is 1. The van der Waals surface area contributed by atoms with E-state index in [-0.39, 0.29) is 24.1 Å². The van der Waals surface area contributed by atoms with E-state index >= 15 is 0 Å². The smallest absolute Gasteiger partial charge is 0.316 e. The molecule has 29 heavy (non-hydrogen) atoms. The Morgan fingerprint density at radius 1 is 1.21 bits per heavy atom. The third-order valence-electron chi connectivity index (χ3n) is 4.73. The van der Waals surface area contributed by atoms with Crippen LogP contribution in [0.4, 0.5) is 5.82 Å². The van der Waals surface area contributed by atoms with E-state index in [1.54, 1.807) is 26.0 Å². The van der Waals surface area contributed by atoms with Crippen molar-refractivity contribution < 1.29 is 23.6 Å². The highest BCUT2D eigenvalue weighted by Gasteiger charge is 2.18. The predicted octanol–water partition coefficient (Wildman–Crippen LogP) is 3.35. The monoisotopic (exact) mass is 416 g/mol. The van der Waals surface area contributed by atoms with Crippen molar-refractivity contribution in [3.8, 4) is 0 Å². The van der Waals surface area contributed by atoms with Gasteiger partial charge in [-0.1, -0.05) is 17.3 Å². The quantitative estimate of drug-likeness (QED) is 0.520. The number of rotatable bonds is 8. The van der Waals surface area contributed by atoms with Gasteiger partial charge in [-0.05, 0) is 56.7 Å². The van der Waals surface area contributed by atoms with Crippen LogP contribution in [-0.4, -0.2) is 40.4 Å². The number of fused-ring (bicyclic) bond motifs is 1. The number of hydrogen-bond donors (Lipinski definition) is 1. The lowest BCUT2D eigenvalue weighted by atomic mass is 9.90. The maximum atomic E-state index is 12.3. The van der Waals surface area contributed by atoms with E-state index in [2.05, 4.69) is 10.5 Å². The first-order valence-electron chi connectivity index (χ1n) is 9.59. The van der Waals surface area contributed by atoms with Crippen LogP contribution in [-0.2, 0) is 27.2 Å². The van der Waals surface area contributed by atoms with E-state index in [0.29, 0.717) is 17.1 Å². The van der Waals surface area contributed by atoms with Crippen LogP contribution < -0.4 is 5.32 Å². The number of aromatic nitrogens is 1. The van der Waals surface area contributed by atoms with Crippen LogP contribution in [0, 0.1) is 6.92 Å². The molecule has 0 bridgehead atoms. The third-order valence-corrected chi connectivity index (χ3v) is 5.85. The lowest BCUT2D eigenvalue weighted by Gasteiger charge is -2.16. The summed E-state index contributed by atoms with van der Waals surface area (Å²) in [7, 11) is 0. The van der Waals surface area contributed by atoms with E-state index in [4.69, 9.17) is 9.26 Å². The van der Waals surface area contributed by atoms with Gasteiger partial charge in [-0.2, -0.15) is 0 Å². The second kappa shape index (κ2) is 9.73. The van der Waals surface area contributed by atoms with Gasteiger partial charge in [-0.3, -0.25) is 14.4 Å². The highest BCUT2D eigenvalue weighted by Crippen LogP contribution is 2.22. The molecule has 1 aliphatic rings. The molecule has 1 aliphatic carbocycles. The standard InChI is InChI=1S/C21H24N2O5S/c1-13-9-19(23-28-13)22-21(26)14(2)29-12-20(25)27-11-18(24)17-8-7-15-5-3-4-6-16(15)10-17/h7-10,14H,3-6,11-12H2,1-2H3,(H,22,23,26)/t14-/m0/s1. The van der Waals surface area contributed by atoms with Gasteiger partial charge in [0.2, 0.25) is 5.91 Å². The predicted molar refractivity (Wildman–Crippen MR) is 110 cm³/mol. The van der Waals surface area contributed by atoms with Crippen molar-refractivity contribution in [2.75, 3.05) is 17.7 Å². The largest absolute Gasteiger partial charge is 0.457 e. The molecular formula is C21H24N2O5S. The number of amides is 1. The molecular weight excluding hydrogens is 392 g/mol. The van der Waals surface area contributed by atoms with Gasteiger partial charge in [-0.15, -0.1) is 11.8 Å². The molecule has 2 aromatic rings. The molecule has 8 heteroatoms. The summed E-state index contributed by atoms with van der Waals surface area (Å²) in [4.78, 5) is 36.4. The number of ketones is 1. The minimum atomic E-state index is -0.529. The molecule has 1 atom stereocenters. The normalized spacial score (nSPS) is 14.0. The third kappa shape index (κ3) is 5.93. The Kier molecular flexibility index (Phi) is 7.09. The molecule has 1 heterocycles. The van der Waals surface area contributed by atoms with Gasteiger partial charge in [-0.25, -0.2) is 0 Å². The second-order valence-electron chi connectivity index (χ2n) is 7.04. The number of nitrogens with one attached hydrogen (secondary N) is 1. The zero-order valence-corrected chi connectivity index (χ0v) is 17.3. The summed E-state index contributed by atoms with van der Waals surface area (Å²) in [6.07, 6.45) is 4.36. The molecule has 3 rings (SSSR count). The number of ether oxygens (including phenoxy) is 1. The number of esters is 1. The van der Waals surface area contributed by atoms with E-state index in [9.17, 15) is 14.4 Å². The summed E-state index contributed by atoms with van der Waals surface area (Å²) in [6, 6.07) is 7.32. The molecule has 1 aromatic carbocycles. The number of carbonyl (C=O) groups is 3. The molecule has 0 spiro atoms. The van der Waals surface area contributed by atoms with E-state index < -0.39 is 11.2 Å². The van der Waals surface area contributed by atoms with Crippen molar-refractivity contribution in [3.05, 3.63) is 46.7 Å². The summed E-state index contributed by atoms with van der Waals surface area (Å²) >= 11 is 1.13. The van der Waals surface area contributed by atoms with Gasteiger partial charge in [0, 0.05) is 11.6 Å². The summed E-state index contributed by atoms with van der Waals surface area (Å²) in [5, 5.41) is 5.81. The first-order valence-corrected chi connectivity index (χ1v) is 10.6. The first-order chi connectivity index (χ1) is 13.9.